The second-order valence-electron chi connectivity index (χ2n) is 8.32. The van der Waals surface area contributed by atoms with Gasteiger partial charge in [0.1, 0.15) is 12.4 Å². The summed E-state index contributed by atoms with van der Waals surface area (Å²) >= 11 is 1.40. The van der Waals surface area contributed by atoms with Crippen molar-refractivity contribution in [1.29, 1.82) is 0 Å². The Balaban J connectivity index is 1.34. The Hall–Kier alpha value is -3.33. The van der Waals surface area contributed by atoms with Gasteiger partial charge >= 0.3 is 0 Å². The maximum Gasteiger partial charge on any atom is 0.264 e. The van der Waals surface area contributed by atoms with E-state index >= 15 is 0 Å². The third kappa shape index (κ3) is 5.41. The molecule has 1 aromatic carbocycles. The van der Waals surface area contributed by atoms with Crippen molar-refractivity contribution >= 4 is 29.0 Å². The van der Waals surface area contributed by atoms with Gasteiger partial charge in [0.2, 0.25) is 5.91 Å². The Labute approximate surface area is 202 Å². The van der Waals surface area contributed by atoms with Gasteiger partial charge in [0.15, 0.2) is 5.82 Å². The van der Waals surface area contributed by atoms with Gasteiger partial charge in [0, 0.05) is 37.8 Å². The van der Waals surface area contributed by atoms with Crippen LogP contribution in [0.25, 0.3) is 11.3 Å². The second kappa shape index (κ2) is 10.7. The van der Waals surface area contributed by atoms with Crippen LogP contribution in [0.2, 0.25) is 0 Å². The number of amides is 2. The molecule has 9 heteroatoms. The molecule has 0 N–H and O–H groups in total. The van der Waals surface area contributed by atoms with Crippen LogP contribution in [0.1, 0.15) is 29.9 Å². The van der Waals surface area contributed by atoms with Crippen molar-refractivity contribution in [3.8, 4) is 11.3 Å². The van der Waals surface area contributed by atoms with Crippen LogP contribution in [-0.2, 0) is 4.79 Å². The molecule has 0 spiro atoms. The number of thiophene rings is 1. The predicted octanol–water partition coefficient (Wildman–Crippen LogP) is 3.93. The second-order valence-corrected chi connectivity index (χ2v) is 9.27. The van der Waals surface area contributed by atoms with Gasteiger partial charge in [0.05, 0.1) is 10.6 Å². The van der Waals surface area contributed by atoms with Gasteiger partial charge in [-0.2, -0.15) is 0 Å². The van der Waals surface area contributed by atoms with Gasteiger partial charge in [-0.3, -0.25) is 9.59 Å². The van der Waals surface area contributed by atoms with Gasteiger partial charge in [-0.05, 0) is 61.2 Å². The van der Waals surface area contributed by atoms with Crippen LogP contribution in [0.5, 0.6) is 0 Å². The van der Waals surface area contributed by atoms with E-state index in [0.29, 0.717) is 36.8 Å². The van der Waals surface area contributed by atoms with E-state index < -0.39 is 0 Å². The van der Waals surface area contributed by atoms with Crippen molar-refractivity contribution in [2.75, 3.05) is 37.6 Å². The van der Waals surface area contributed by atoms with E-state index in [0.717, 1.165) is 17.8 Å². The van der Waals surface area contributed by atoms with Gasteiger partial charge < -0.3 is 14.7 Å². The van der Waals surface area contributed by atoms with E-state index in [2.05, 4.69) is 15.1 Å². The highest BCUT2D eigenvalue weighted by Crippen LogP contribution is 2.20. The molecule has 178 valence electrons. The maximum absolute atomic E-state index is 13.1. The lowest BCUT2D eigenvalue weighted by Gasteiger charge is -2.37. The highest BCUT2D eigenvalue weighted by molar-refractivity contribution is 7.12. The Kier molecular flexibility index (Phi) is 7.52. The molecule has 3 heterocycles. The summed E-state index contributed by atoms with van der Waals surface area (Å²) in [6.45, 7) is 6.47. The number of nitrogens with zero attached hydrogens (tertiary/aromatic N) is 5. The third-order valence-corrected chi connectivity index (χ3v) is 7.03. The lowest BCUT2D eigenvalue weighted by Crippen LogP contribution is -2.53. The van der Waals surface area contributed by atoms with Crippen LogP contribution in [0.15, 0.2) is 53.9 Å². The zero-order valence-electron chi connectivity index (χ0n) is 19.4. The van der Waals surface area contributed by atoms with Crippen molar-refractivity contribution in [1.82, 2.24) is 20.0 Å². The zero-order valence-corrected chi connectivity index (χ0v) is 20.2. The summed E-state index contributed by atoms with van der Waals surface area (Å²) in [6, 6.07) is 13.5. The molecular formula is C25H28FN5O2S. The van der Waals surface area contributed by atoms with Crippen molar-refractivity contribution < 1.29 is 14.0 Å². The molecule has 2 amide bonds. The predicted molar refractivity (Wildman–Crippen MR) is 131 cm³/mol. The summed E-state index contributed by atoms with van der Waals surface area (Å²) in [4.78, 5) is 32.2. The minimum absolute atomic E-state index is 0.0188. The first-order valence-electron chi connectivity index (χ1n) is 11.4. The first-order chi connectivity index (χ1) is 16.5. The zero-order chi connectivity index (χ0) is 24.1. The Morgan fingerprint density at radius 2 is 1.79 bits per heavy atom. The molecule has 1 aliphatic heterocycles. The summed E-state index contributed by atoms with van der Waals surface area (Å²) in [5, 5.41) is 10.5. The molecule has 1 saturated heterocycles. The molecule has 1 fully saturated rings. The summed E-state index contributed by atoms with van der Waals surface area (Å²) in [7, 11) is 0. The Morgan fingerprint density at radius 3 is 2.38 bits per heavy atom. The first kappa shape index (κ1) is 23.8. The molecule has 7 nitrogen and oxygen atoms in total. The maximum atomic E-state index is 13.1. The van der Waals surface area contributed by atoms with Crippen LogP contribution >= 0.6 is 11.3 Å². The first-order valence-corrected chi connectivity index (χ1v) is 12.3. The number of hydrogen-bond donors (Lipinski definition) is 0. The van der Waals surface area contributed by atoms with Crippen LogP contribution in [-0.4, -0.2) is 70.6 Å². The van der Waals surface area contributed by atoms with E-state index in [1.165, 1.54) is 23.5 Å². The molecule has 2 aromatic heterocycles. The molecule has 4 rings (SSSR count). The summed E-state index contributed by atoms with van der Waals surface area (Å²) in [5.41, 5.74) is 1.48. The quantitative estimate of drug-likeness (QED) is 0.511. The lowest BCUT2D eigenvalue weighted by atomic mass is 10.1. The molecule has 1 aliphatic rings. The van der Waals surface area contributed by atoms with E-state index in [9.17, 15) is 14.0 Å². The van der Waals surface area contributed by atoms with Crippen LogP contribution in [0.3, 0.4) is 0 Å². The number of hydrogen-bond acceptors (Lipinski definition) is 6. The fourth-order valence-electron chi connectivity index (χ4n) is 3.89. The third-order valence-electron chi connectivity index (χ3n) is 6.17. The van der Waals surface area contributed by atoms with Crippen LogP contribution in [0, 0.1) is 5.82 Å². The van der Waals surface area contributed by atoms with Crippen molar-refractivity contribution in [3.05, 3.63) is 64.6 Å². The highest BCUT2D eigenvalue weighted by atomic mass is 32.1. The van der Waals surface area contributed by atoms with E-state index in [1.54, 1.807) is 23.1 Å². The average molecular weight is 482 g/mol. The minimum Gasteiger partial charge on any atom is -0.352 e. The van der Waals surface area contributed by atoms with Gasteiger partial charge in [-0.15, -0.1) is 21.5 Å². The Morgan fingerprint density at radius 1 is 1.06 bits per heavy atom. The number of carbonyl (C=O) groups is 2. The molecule has 3 aromatic rings. The SMILES string of the molecule is CCC(C)N(CC(=O)N1CCN(c2ccc(-c3ccc(F)cc3)nn2)CC1)C(=O)c1cccs1. The van der Waals surface area contributed by atoms with Crippen molar-refractivity contribution in [2.45, 2.75) is 26.3 Å². The topological polar surface area (TPSA) is 69.6 Å². The van der Waals surface area contributed by atoms with E-state index in [-0.39, 0.29) is 30.2 Å². The monoisotopic (exact) mass is 481 g/mol. The molecular weight excluding hydrogens is 453 g/mol. The lowest BCUT2D eigenvalue weighted by molar-refractivity contribution is -0.132. The molecule has 1 unspecified atom stereocenters. The molecule has 1 atom stereocenters. The number of anilines is 1. The van der Waals surface area contributed by atoms with Crippen LogP contribution < -0.4 is 4.90 Å². The van der Waals surface area contributed by atoms with Crippen LogP contribution in [0.4, 0.5) is 10.2 Å². The number of aromatic nitrogens is 2. The highest BCUT2D eigenvalue weighted by Gasteiger charge is 2.28. The smallest absolute Gasteiger partial charge is 0.264 e. The average Bonchev–Trinajstić information content (AvgIpc) is 3.42. The number of benzene rings is 1. The van der Waals surface area contributed by atoms with Crippen molar-refractivity contribution in [2.24, 2.45) is 0 Å². The molecule has 0 aliphatic carbocycles. The fraction of sp³-hybridized carbons (Fsp3) is 0.360. The fourth-order valence-corrected chi connectivity index (χ4v) is 4.57. The van der Waals surface area contributed by atoms with E-state index in [4.69, 9.17) is 0 Å². The standard InChI is InChI=1S/C25H28FN5O2S/c1-3-18(2)31(25(33)22-5-4-16-34-22)17-24(32)30-14-12-29(13-15-30)23-11-10-21(27-28-23)19-6-8-20(26)9-7-19/h4-11,16,18H,3,12-15,17H2,1-2H3. The molecule has 0 bridgehead atoms. The Bertz CT molecular complexity index is 1100. The summed E-state index contributed by atoms with van der Waals surface area (Å²) < 4.78 is 13.1. The van der Waals surface area contributed by atoms with Gasteiger partial charge in [0.25, 0.3) is 5.91 Å². The molecule has 0 radical (unpaired) electrons. The van der Waals surface area contributed by atoms with Crippen molar-refractivity contribution in [3.63, 3.8) is 0 Å². The molecule has 34 heavy (non-hydrogen) atoms. The number of carbonyl (C=O) groups excluding carboxylic acids is 2. The number of rotatable bonds is 7. The van der Waals surface area contributed by atoms with Gasteiger partial charge in [-0.1, -0.05) is 13.0 Å². The number of piperazine rings is 1. The summed E-state index contributed by atoms with van der Waals surface area (Å²) in [6.07, 6.45) is 0.782. The molecule has 0 saturated carbocycles. The summed E-state index contributed by atoms with van der Waals surface area (Å²) in [5.74, 6) is 0.325. The number of halogens is 1. The van der Waals surface area contributed by atoms with E-state index in [1.807, 2.05) is 42.3 Å². The largest absolute Gasteiger partial charge is 0.352 e. The normalized spacial score (nSPS) is 14.7. The minimum atomic E-state index is -0.288. The van der Waals surface area contributed by atoms with Gasteiger partial charge in [-0.25, -0.2) is 4.39 Å².